The Hall–Kier alpha value is -1.34. The van der Waals surface area contributed by atoms with Gasteiger partial charge in [-0.25, -0.2) is 0 Å². The molecule has 2 N–H and O–H groups in total. The summed E-state index contributed by atoms with van der Waals surface area (Å²) in [5.74, 6) is 0.766. The lowest BCUT2D eigenvalue weighted by molar-refractivity contribution is 0.417. The van der Waals surface area contributed by atoms with Crippen LogP contribution in [0, 0.1) is 10.5 Å². The van der Waals surface area contributed by atoms with E-state index < -0.39 is 0 Å². The third-order valence-corrected chi connectivity index (χ3v) is 3.63. The van der Waals surface area contributed by atoms with Crippen molar-refractivity contribution in [2.45, 2.75) is 6.92 Å². The van der Waals surface area contributed by atoms with E-state index in [9.17, 15) is 0 Å². The number of methoxy groups -OCH3 is 1. The number of nitrogens with one attached hydrogen (secondary N) is 2. The third-order valence-electron chi connectivity index (χ3n) is 2.71. The van der Waals surface area contributed by atoms with Gasteiger partial charge in [0.2, 0.25) is 0 Å². The van der Waals surface area contributed by atoms with Gasteiger partial charge < -0.3 is 15.4 Å². The molecule has 2 aromatic carbocycles. The smallest absolute Gasteiger partial charge is 0.175 e. The molecule has 0 atom stereocenters. The fraction of sp³-hybridized carbons (Fsp3) is 0.133. The normalized spacial score (nSPS) is 9.95. The molecular weight excluding hydrogens is 383 g/mol. The third kappa shape index (κ3) is 4.08. The molecule has 0 spiro atoms. The summed E-state index contributed by atoms with van der Waals surface area (Å²) in [6, 6.07) is 14.0. The van der Waals surface area contributed by atoms with Crippen molar-refractivity contribution in [2.75, 3.05) is 17.7 Å². The monoisotopic (exact) mass is 398 g/mol. The minimum Gasteiger partial charge on any atom is -0.495 e. The van der Waals surface area contributed by atoms with E-state index >= 15 is 0 Å². The van der Waals surface area contributed by atoms with Crippen LogP contribution in [0.4, 0.5) is 11.4 Å². The lowest BCUT2D eigenvalue weighted by atomic mass is 10.2. The molecule has 0 heterocycles. The van der Waals surface area contributed by atoms with Crippen molar-refractivity contribution in [3.63, 3.8) is 0 Å². The van der Waals surface area contributed by atoms with E-state index in [1.54, 1.807) is 7.11 Å². The molecule has 0 amide bonds. The van der Waals surface area contributed by atoms with E-state index in [1.165, 1.54) is 3.57 Å². The lowest BCUT2D eigenvalue weighted by Crippen LogP contribution is -2.19. The molecule has 0 bridgehead atoms. The molecule has 0 unspecified atom stereocenters. The zero-order valence-electron chi connectivity index (χ0n) is 11.2. The molecule has 5 heteroatoms. The van der Waals surface area contributed by atoms with Crippen molar-refractivity contribution in [3.8, 4) is 5.75 Å². The summed E-state index contributed by atoms with van der Waals surface area (Å²) in [5.41, 5.74) is 2.95. The van der Waals surface area contributed by atoms with E-state index in [0.717, 1.165) is 22.7 Å². The maximum absolute atomic E-state index is 5.32. The highest BCUT2D eigenvalue weighted by atomic mass is 127. The van der Waals surface area contributed by atoms with Crippen molar-refractivity contribution >= 4 is 51.3 Å². The van der Waals surface area contributed by atoms with Gasteiger partial charge in [0.05, 0.1) is 12.8 Å². The van der Waals surface area contributed by atoms with Gasteiger partial charge in [0, 0.05) is 9.26 Å². The Balaban J connectivity index is 2.08. The van der Waals surface area contributed by atoms with Crippen LogP contribution >= 0.6 is 34.8 Å². The Morgan fingerprint density at radius 1 is 1.10 bits per heavy atom. The molecule has 0 radical (unpaired) electrons. The molecule has 0 aliphatic heterocycles. The summed E-state index contributed by atoms with van der Waals surface area (Å²) in [7, 11) is 1.64. The predicted molar refractivity (Wildman–Crippen MR) is 96.7 cm³/mol. The topological polar surface area (TPSA) is 33.3 Å². The van der Waals surface area contributed by atoms with Crippen LogP contribution in [0.2, 0.25) is 0 Å². The van der Waals surface area contributed by atoms with Crippen molar-refractivity contribution in [1.82, 2.24) is 0 Å². The molecular formula is C15H15IN2OS. The second-order valence-electron chi connectivity index (χ2n) is 4.29. The Morgan fingerprint density at radius 2 is 1.80 bits per heavy atom. The molecule has 104 valence electrons. The number of ether oxygens (including phenoxy) is 1. The summed E-state index contributed by atoms with van der Waals surface area (Å²) in [6.45, 7) is 2.03. The van der Waals surface area contributed by atoms with E-state index in [-0.39, 0.29) is 0 Å². The Bertz CT molecular complexity index is 614. The number of hydrogen-bond donors (Lipinski definition) is 2. The number of benzene rings is 2. The molecule has 0 aliphatic carbocycles. The molecule has 0 aromatic heterocycles. The van der Waals surface area contributed by atoms with Crippen LogP contribution in [-0.4, -0.2) is 12.2 Å². The van der Waals surface area contributed by atoms with E-state index in [2.05, 4.69) is 33.2 Å². The zero-order valence-corrected chi connectivity index (χ0v) is 14.2. The Labute approximate surface area is 137 Å². The maximum Gasteiger partial charge on any atom is 0.175 e. The van der Waals surface area contributed by atoms with Gasteiger partial charge in [-0.15, -0.1) is 0 Å². The van der Waals surface area contributed by atoms with E-state index in [0.29, 0.717) is 5.11 Å². The molecule has 3 nitrogen and oxygen atoms in total. The molecule has 2 rings (SSSR count). The summed E-state index contributed by atoms with van der Waals surface area (Å²) >= 11 is 7.59. The fourth-order valence-electron chi connectivity index (χ4n) is 1.74. The van der Waals surface area contributed by atoms with Gasteiger partial charge in [0.15, 0.2) is 5.11 Å². The Kier molecular flexibility index (Phi) is 5.19. The van der Waals surface area contributed by atoms with Gasteiger partial charge in [-0.2, -0.15) is 0 Å². The van der Waals surface area contributed by atoms with Crippen LogP contribution in [0.25, 0.3) is 0 Å². The first-order chi connectivity index (χ1) is 9.58. The van der Waals surface area contributed by atoms with Crippen molar-refractivity contribution in [3.05, 3.63) is 51.6 Å². The molecule has 20 heavy (non-hydrogen) atoms. The van der Waals surface area contributed by atoms with Crippen LogP contribution < -0.4 is 15.4 Å². The van der Waals surface area contributed by atoms with Gasteiger partial charge in [0.1, 0.15) is 5.75 Å². The van der Waals surface area contributed by atoms with Crippen molar-refractivity contribution in [1.29, 1.82) is 0 Å². The molecule has 0 saturated heterocycles. The van der Waals surface area contributed by atoms with Crippen molar-refractivity contribution < 1.29 is 4.74 Å². The maximum atomic E-state index is 5.32. The average molecular weight is 398 g/mol. The lowest BCUT2D eigenvalue weighted by Gasteiger charge is -2.14. The second kappa shape index (κ2) is 6.90. The van der Waals surface area contributed by atoms with Gasteiger partial charge in [-0.3, -0.25) is 0 Å². The summed E-state index contributed by atoms with van der Waals surface area (Å²) in [4.78, 5) is 0. The van der Waals surface area contributed by atoms with Gasteiger partial charge >= 0.3 is 0 Å². The first-order valence-electron chi connectivity index (χ1n) is 6.06. The number of aryl methyl sites for hydroxylation is 1. The zero-order chi connectivity index (χ0) is 14.5. The SMILES string of the molecule is COc1ccc(C)cc1NC(=S)Nc1ccc(I)cc1. The molecule has 0 aliphatic rings. The number of anilines is 2. The standard InChI is InChI=1S/C15H15IN2OS/c1-10-3-8-14(19-2)13(9-10)18-15(20)17-12-6-4-11(16)5-7-12/h3-9H,1-2H3,(H2,17,18,20). The quantitative estimate of drug-likeness (QED) is 0.593. The highest BCUT2D eigenvalue weighted by molar-refractivity contribution is 14.1. The fourth-order valence-corrected chi connectivity index (χ4v) is 2.32. The van der Waals surface area contributed by atoms with Crippen LogP contribution in [-0.2, 0) is 0 Å². The minimum atomic E-state index is 0.537. The molecule has 0 saturated carbocycles. The molecule has 2 aromatic rings. The van der Waals surface area contributed by atoms with Gasteiger partial charge in [-0.1, -0.05) is 6.07 Å². The summed E-state index contributed by atoms with van der Waals surface area (Å²) in [5, 5.41) is 6.85. The second-order valence-corrected chi connectivity index (χ2v) is 5.94. The van der Waals surface area contributed by atoms with Crippen molar-refractivity contribution in [2.24, 2.45) is 0 Å². The highest BCUT2D eigenvalue weighted by Gasteiger charge is 2.05. The van der Waals surface area contributed by atoms with E-state index in [1.807, 2.05) is 49.4 Å². The number of thiocarbonyl (C=S) groups is 1. The number of hydrogen-bond acceptors (Lipinski definition) is 2. The van der Waals surface area contributed by atoms with Gasteiger partial charge in [-0.05, 0) is 83.7 Å². The summed E-state index contributed by atoms with van der Waals surface area (Å²) < 4.78 is 6.50. The van der Waals surface area contributed by atoms with Crippen LogP contribution in [0.3, 0.4) is 0 Å². The van der Waals surface area contributed by atoms with E-state index in [4.69, 9.17) is 17.0 Å². The highest BCUT2D eigenvalue weighted by Crippen LogP contribution is 2.25. The largest absolute Gasteiger partial charge is 0.495 e. The first kappa shape index (κ1) is 15.1. The minimum absolute atomic E-state index is 0.537. The average Bonchev–Trinajstić information content (AvgIpc) is 2.41. The first-order valence-corrected chi connectivity index (χ1v) is 7.55. The van der Waals surface area contributed by atoms with Crippen LogP contribution in [0.1, 0.15) is 5.56 Å². The number of halogens is 1. The number of rotatable bonds is 3. The Morgan fingerprint density at radius 3 is 2.45 bits per heavy atom. The predicted octanol–water partition coefficient (Wildman–Crippen LogP) is 4.42. The van der Waals surface area contributed by atoms with Crippen LogP contribution in [0.5, 0.6) is 5.75 Å². The van der Waals surface area contributed by atoms with Gasteiger partial charge in [0.25, 0.3) is 0 Å². The molecule has 0 fully saturated rings. The summed E-state index contributed by atoms with van der Waals surface area (Å²) in [6.07, 6.45) is 0. The van der Waals surface area contributed by atoms with Crippen LogP contribution in [0.15, 0.2) is 42.5 Å².